The quantitative estimate of drug-likeness (QED) is 0.675. The van der Waals surface area contributed by atoms with Gasteiger partial charge in [0.15, 0.2) is 5.16 Å². The third-order valence-electron chi connectivity index (χ3n) is 3.43. The largest absolute Gasteiger partial charge is 0.383 e. The summed E-state index contributed by atoms with van der Waals surface area (Å²) < 4.78 is 0. The first-order valence-corrected chi connectivity index (χ1v) is 8.19. The van der Waals surface area contributed by atoms with Crippen LogP contribution in [0.2, 0.25) is 0 Å². The van der Waals surface area contributed by atoms with E-state index in [2.05, 4.69) is 23.8 Å². The van der Waals surface area contributed by atoms with Crippen LogP contribution in [0.15, 0.2) is 5.16 Å². The number of anilines is 1. The molecule has 2 aromatic rings. The summed E-state index contributed by atoms with van der Waals surface area (Å²) in [6.45, 7) is 4.42. The number of nitrogens with two attached hydrogens (primary N) is 1. The Morgan fingerprint density at radius 3 is 3.06 bits per heavy atom. The third-order valence-corrected chi connectivity index (χ3v) is 5.35. The minimum atomic E-state index is 0.669. The number of thioether (sulfide) groups is 1. The van der Waals surface area contributed by atoms with Crippen LogP contribution in [0.4, 0.5) is 5.82 Å². The molecule has 2 aromatic heterocycles. The molecule has 2 N–H and O–H groups in total. The molecule has 1 aliphatic carbocycles. The Hall–Kier alpha value is -0.810. The van der Waals surface area contributed by atoms with E-state index in [1.54, 1.807) is 11.8 Å². The number of aryl methyl sites for hydroxylation is 1. The molecular weight excluding hydrogens is 262 g/mol. The van der Waals surface area contributed by atoms with Crippen molar-refractivity contribution in [3.05, 3.63) is 10.4 Å². The van der Waals surface area contributed by atoms with Gasteiger partial charge < -0.3 is 5.73 Å². The molecule has 0 amide bonds. The SMILES string of the molecule is CCSc1nc(N)c2c3c(sc2n1)CC[C@@H](C)C3. The highest BCUT2D eigenvalue weighted by atomic mass is 32.2. The fraction of sp³-hybridized carbons (Fsp3) is 0.538. The second-order valence-corrected chi connectivity index (χ2v) is 7.17. The number of hydrogen-bond donors (Lipinski definition) is 1. The Morgan fingerprint density at radius 1 is 1.44 bits per heavy atom. The molecule has 0 saturated carbocycles. The van der Waals surface area contributed by atoms with Crippen molar-refractivity contribution in [3.63, 3.8) is 0 Å². The van der Waals surface area contributed by atoms with Gasteiger partial charge in [0.05, 0.1) is 5.39 Å². The standard InChI is InChI=1S/C13H17N3S2/c1-3-17-13-15-11(14)10-8-6-7(2)4-5-9(8)18-12(10)16-13/h7H,3-6H2,1-2H3,(H2,14,15,16)/t7-/m1/s1. The summed E-state index contributed by atoms with van der Waals surface area (Å²) in [5.74, 6) is 2.40. The summed E-state index contributed by atoms with van der Waals surface area (Å²) in [6, 6.07) is 0. The van der Waals surface area contributed by atoms with E-state index in [9.17, 15) is 0 Å². The molecule has 0 saturated heterocycles. The monoisotopic (exact) mass is 279 g/mol. The van der Waals surface area contributed by atoms with Crippen molar-refractivity contribution in [2.24, 2.45) is 5.92 Å². The highest BCUT2D eigenvalue weighted by Gasteiger charge is 2.23. The van der Waals surface area contributed by atoms with Crippen molar-refractivity contribution >= 4 is 39.1 Å². The van der Waals surface area contributed by atoms with Gasteiger partial charge in [0, 0.05) is 4.88 Å². The van der Waals surface area contributed by atoms with Crippen molar-refractivity contribution < 1.29 is 0 Å². The van der Waals surface area contributed by atoms with Gasteiger partial charge in [0.2, 0.25) is 0 Å². The Balaban J connectivity index is 2.17. The second-order valence-electron chi connectivity index (χ2n) is 4.86. The van der Waals surface area contributed by atoms with Gasteiger partial charge in [-0.05, 0) is 36.5 Å². The van der Waals surface area contributed by atoms with Gasteiger partial charge in [-0.1, -0.05) is 25.6 Å². The fourth-order valence-electron chi connectivity index (χ4n) is 2.55. The van der Waals surface area contributed by atoms with E-state index in [-0.39, 0.29) is 0 Å². The second kappa shape index (κ2) is 4.70. The van der Waals surface area contributed by atoms with Crippen molar-refractivity contribution in [1.82, 2.24) is 9.97 Å². The van der Waals surface area contributed by atoms with Gasteiger partial charge in [0.1, 0.15) is 10.6 Å². The van der Waals surface area contributed by atoms with Crippen LogP contribution in [-0.2, 0) is 12.8 Å². The van der Waals surface area contributed by atoms with Crippen LogP contribution in [0.3, 0.4) is 0 Å². The van der Waals surface area contributed by atoms with Crippen molar-refractivity contribution in [2.45, 2.75) is 38.3 Å². The Morgan fingerprint density at radius 2 is 2.28 bits per heavy atom. The molecule has 0 aromatic carbocycles. The minimum Gasteiger partial charge on any atom is -0.383 e. The summed E-state index contributed by atoms with van der Waals surface area (Å²) >= 11 is 3.47. The minimum absolute atomic E-state index is 0.669. The molecule has 3 nitrogen and oxygen atoms in total. The number of rotatable bonds is 2. The number of nitrogen functional groups attached to an aromatic ring is 1. The summed E-state index contributed by atoms with van der Waals surface area (Å²) in [5, 5.41) is 1.94. The number of thiophene rings is 1. The van der Waals surface area contributed by atoms with E-state index in [4.69, 9.17) is 5.73 Å². The zero-order valence-corrected chi connectivity index (χ0v) is 12.3. The average Bonchev–Trinajstić information content (AvgIpc) is 2.67. The summed E-state index contributed by atoms with van der Waals surface area (Å²) in [4.78, 5) is 11.6. The summed E-state index contributed by atoms with van der Waals surface area (Å²) in [5.41, 5.74) is 7.56. The molecule has 0 unspecified atom stereocenters. The molecule has 3 rings (SSSR count). The highest BCUT2D eigenvalue weighted by molar-refractivity contribution is 7.99. The molecule has 96 valence electrons. The first-order valence-electron chi connectivity index (χ1n) is 6.39. The molecule has 0 aliphatic heterocycles. The highest BCUT2D eigenvalue weighted by Crippen LogP contribution is 2.39. The van der Waals surface area contributed by atoms with Gasteiger partial charge in [-0.3, -0.25) is 0 Å². The fourth-order valence-corrected chi connectivity index (χ4v) is 4.41. The van der Waals surface area contributed by atoms with Gasteiger partial charge in [-0.2, -0.15) is 0 Å². The summed E-state index contributed by atoms with van der Waals surface area (Å²) in [6.07, 6.45) is 3.58. The average molecular weight is 279 g/mol. The summed E-state index contributed by atoms with van der Waals surface area (Å²) in [7, 11) is 0. The predicted molar refractivity (Wildman–Crippen MR) is 79.4 cm³/mol. The van der Waals surface area contributed by atoms with E-state index in [0.717, 1.165) is 33.5 Å². The molecule has 0 radical (unpaired) electrons. The van der Waals surface area contributed by atoms with Gasteiger partial charge >= 0.3 is 0 Å². The lowest BCUT2D eigenvalue weighted by atomic mass is 9.89. The molecule has 18 heavy (non-hydrogen) atoms. The van der Waals surface area contributed by atoms with Crippen LogP contribution in [-0.4, -0.2) is 15.7 Å². The number of aromatic nitrogens is 2. The van der Waals surface area contributed by atoms with Crippen LogP contribution < -0.4 is 5.73 Å². The van der Waals surface area contributed by atoms with Crippen LogP contribution in [0.5, 0.6) is 0 Å². The molecular formula is C13H17N3S2. The van der Waals surface area contributed by atoms with E-state index < -0.39 is 0 Å². The van der Waals surface area contributed by atoms with Crippen molar-refractivity contribution in [1.29, 1.82) is 0 Å². The lowest BCUT2D eigenvalue weighted by Gasteiger charge is -2.18. The van der Waals surface area contributed by atoms with Crippen LogP contribution >= 0.6 is 23.1 Å². The Labute approximate surface area is 115 Å². The predicted octanol–water partition coefficient (Wildman–Crippen LogP) is 3.51. The molecule has 0 fully saturated rings. The molecule has 1 aliphatic rings. The number of fused-ring (bicyclic) bond motifs is 3. The molecule has 5 heteroatoms. The van der Waals surface area contributed by atoms with Crippen molar-refractivity contribution in [3.8, 4) is 0 Å². The maximum atomic E-state index is 6.14. The molecule has 1 atom stereocenters. The smallest absolute Gasteiger partial charge is 0.190 e. The molecule has 0 bridgehead atoms. The topological polar surface area (TPSA) is 51.8 Å². The van der Waals surface area contributed by atoms with E-state index >= 15 is 0 Å². The van der Waals surface area contributed by atoms with E-state index in [1.807, 2.05) is 11.3 Å². The lowest BCUT2D eigenvalue weighted by molar-refractivity contribution is 0.508. The first kappa shape index (κ1) is 12.2. The zero-order chi connectivity index (χ0) is 12.7. The Bertz CT molecular complexity index is 591. The van der Waals surface area contributed by atoms with E-state index in [0.29, 0.717) is 5.82 Å². The first-order chi connectivity index (χ1) is 8.69. The third kappa shape index (κ3) is 1.99. The lowest BCUT2D eigenvalue weighted by Crippen LogP contribution is -2.09. The van der Waals surface area contributed by atoms with Crippen LogP contribution in [0.1, 0.15) is 30.7 Å². The molecule has 2 heterocycles. The van der Waals surface area contributed by atoms with Gasteiger partial charge in [0.25, 0.3) is 0 Å². The molecule has 0 spiro atoms. The number of hydrogen-bond acceptors (Lipinski definition) is 5. The van der Waals surface area contributed by atoms with Crippen molar-refractivity contribution in [2.75, 3.05) is 11.5 Å². The maximum absolute atomic E-state index is 6.14. The number of nitrogens with zero attached hydrogens (tertiary/aromatic N) is 2. The zero-order valence-electron chi connectivity index (χ0n) is 10.7. The van der Waals surface area contributed by atoms with Crippen LogP contribution in [0, 0.1) is 5.92 Å². The van der Waals surface area contributed by atoms with E-state index in [1.165, 1.54) is 23.3 Å². The van der Waals surface area contributed by atoms with Crippen LogP contribution in [0.25, 0.3) is 10.2 Å². The normalized spacial score (nSPS) is 19.1. The van der Waals surface area contributed by atoms with Gasteiger partial charge in [-0.25, -0.2) is 9.97 Å². The Kier molecular flexibility index (Phi) is 3.20. The maximum Gasteiger partial charge on any atom is 0.190 e. The van der Waals surface area contributed by atoms with Gasteiger partial charge in [-0.15, -0.1) is 11.3 Å².